The van der Waals surface area contributed by atoms with Crippen LogP contribution in [-0.4, -0.2) is 63.7 Å². The lowest BCUT2D eigenvalue weighted by molar-refractivity contribution is -0.0537. The topological polar surface area (TPSA) is 105 Å². The molecule has 0 fully saturated rings. The molecule has 1 atom stereocenters. The van der Waals surface area contributed by atoms with Gasteiger partial charge >= 0.3 is 6.61 Å². The van der Waals surface area contributed by atoms with E-state index in [1.165, 1.54) is 24.5 Å². The minimum absolute atomic E-state index is 0.0130. The zero-order valence-electron chi connectivity index (χ0n) is 18.5. The molecule has 2 aromatic heterocycles. The molecular weight excluding hydrogens is 448 g/mol. The van der Waals surface area contributed by atoms with Crippen LogP contribution >= 0.6 is 0 Å². The van der Waals surface area contributed by atoms with Gasteiger partial charge in [0, 0.05) is 25.3 Å². The maximum atomic E-state index is 12.4. The second-order valence-electron chi connectivity index (χ2n) is 7.79. The first-order chi connectivity index (χ1) is 16.3. The smallest absolute Gasteiger partial charge is 0.387 e. The van der Waals surface area contributed by atoms with Gasteiger partial charge in [-0.15, -0.1) is 10.2 Å². The Morgan fingerprint density at radius 2 is 1.74 bits per heavy atom. The molecule has 0 aliphatic carbocycles. The normalized spacial score (nSPS) is 13.1. The molecule has 0 radical (unpaired) electrons. The number of nitrogens with zero attached hydrogens (tertiary/aromatic N) is 5. The van der Waals surface area contributed by atoms with E-state index in [1.54, 1.807) is 28.7 Å². The van der Waals surface area contributed by atoms with Crippen LogP contribution in [0, 0.1) is 0 Å². The Morgan fingerprint density at radius 3 is 2.35 bits per heavy atom. The van der Waals surface area contributed by atoms with Crippen LogP contribution < -0.4 is 14.4 Å². The fraction of sp³-hybridized carbons (Fsp3) is 0.261. The van der Waals surface area contributed by atoms with Crippen molar-refractivity contribution in [2.24, 2.45) is 0 Å². The van der Waals surface area contributed by atoms with Crippen molar-refractivity contribution in [3.63, 3.8) is 0 Å². The van der Waals surface area contributed by atoms with E-state index in [2.05, 4.69) is 19.9 Å². The third-order valence-electron chi connectivity index (χ3n) is 5.26. The molecule has 34 heavy (non-hydrogen) atoms. The zero-order valence-corrected chi connectivity index (χ0v) is 18.5. The Balaban J connectivity index is 1.61. The molecule has 0 saturated carbocycles. The molecule has 0 aliphatic heterocycles. The maximum absolute atomic E-state index is 12.4. The lowest BCUT2D eigenvalue weighted by atomic mass is 9.95. The van der Waals surface area contributed by atoms with Crippen LogP contribution in [0.25, 0.3) is 17.0 Å². The minimum Gasteiger partial charge on any atom is -0.474 e. The van der Waals surface area contributed by atoms with Crippen LogP contribution in [0.4, 0.5) is 14.5 Å². The largest absolute Gasteiger partial charge is 0.474 e. The van der Waals surface area contributed by atoms with E-state index in [-0.39, 0.29) is 18.2 Å². The number of fused-ring (bicyclic) bond motifs is 1. The molecule has 11 heteroatoms. The van der Waals surface area contributed by atoms with Crippen molar-refractivity contribution < 1.29 is 28.5 Å². The number of halogens is 2. The Labute approximate surface area is 193 Å². The van der Waals surface area contributed by atoms with Gasteiger partial charge in [0.1, 0.15) is 18.0 Å². The average Bonchev–Trinajstić information content (AvgIpc) is 3.27. The monoisotopic (exact) mass is 471 g/mol. The van der Waals surface area contributed by atoms with E-state index in [0.29, 0.717) is 22.6 Å². The van der Waals surface area contributed by atoms with Crippen LogP contribution in [0.1, 0.15) is 5.56 Å². The summed E-state index contributed by atoms with van der Waals surface area (Å²) < 4.78 is 36.7. The number of aromatic nitrogens is 4. The molecule has 2 aromatic carbocycles. The first-order valence-electron chi connectivity index (χ1n) is 10.3. The van der Waals surface area contributed by atoms with Crippen molar-refractivity contribution in [3.8, 4) is 23.0 Å². The van der Waals surface area contributed by atoms with E-state index in [1.807, 2.05) is 31.1 Å². The molecule has 4 rings (SSSR count). The summed E-state index contributed by atoms with van der Waals surface area (Å²) in [6, 6.07) is 13.0. The van der Waals surface area contributed by atoms with Crippen molar-refractivity contribution in [1.29, 1.82) is 0 Å². The third-order valence-corrected chi connectivity index (χ3v) is 5.26. The van der Waals surface area contributed by atoms with Crippen LogP contribution in [0.2, 0.25) is 0 Å². The van der Waals surface area contributed by atoms with E-state index in [4.69, 9.17) is 4.74 Å². The lowest BCUT2D eigenvalue weighted by Crippen LogP contribution is -2.37. The number of benzene rings is 2. The van der Waals surface area contributed by atoms with Crippen molar-refractivity contribution in [2.45, 2.75) is 12.2 Å². The van der Waals surface area contributed by atoms with Gasteiger partial charge in [0.25, 0.3) is 0 Å². The highest BCUT2D eigenvalue weighted by Crippen LogP contribution is 2.28. The molecule has 0 amide bonds. The second-order valence-corrected chi connectivity index (χ2v) is 7.79. The van der Waals surface area contributed by atoms with Crippen LogP contribution in [0.3, 0.4) is 0 Å². The maximum Gasteiger partial charge on any atom is 0.387 e. The predicted molar refractivity (Wildman–Crippen MR) is 120 cm³/mol. The minimum atomic E-state index is -2.92. The summed E-state index contributed by atoms with van der Waals surface area (Å²) in [5.74, 6) is 0.611. The summed E-state index contributed by atoms with van der Waals surface area (Å²) in [4.78, 5) is 6.02. The number of aliphatic hydroxyl groups is 2. The summed E-state index contributed by atoms with van der Waals surface area (Å²) in [7, 11) is 3.81. The van der Waals surface area contributed by atoms with E-state index in [9.17, 15) is 19.0 Å². The molecule has 4 aromatic rings. The molecular formula is C23H23F2N5O4. The van der Waals surface area contributed by atoms with E-state index < -0.39 is 18.8 Å². The Kier molecular flexibility index (Phi) is 6.57. The summed E-state index contributed by atoms with van der Waals surface area (Å²) in [6.45, 7) is -3.77. The van der Waals surface area contributed by atoms with Gasteiger partial charge in [-0.1, -0.05) is 12.1 Å². The number of anilines is 1. The van der Waals surface area contributed by atoms with Crippen molar-refractivity contribution in [3.05, 3.63) is 66.5 Å². The highest BCUT2D eigenvalue weighted by atomic mass is 19.3. The van der Waals surface area contributed by atoms with E-state index in [0.717, 1.165) is 5.69 Å². The summed E-state index contributed by atoms with van der Waals surface area (Å²) in [6.07, 6.45) is 2.91. The molecule has 2 N–H and O–H groups in total. The number of alkyl halides is 2. The molecule has 0 saturated heterocycles. The Hall–Kier alpha value is -3.83. The van der Waals surface area contributed by atoms with Gasteiger partial charge in [0.2, 0.25) is 5.88 Å². The van der Waals surface area contributed by atoms with Crippen LogP contribution in [0.15, 0.2) is 60.9 Å². The number of aliphatic hydroxyl groups excluding tert-OH is 1. The van der Waals surface area contributed by atoms with Gasteiger partial charge in [0.05, 0.1) is 19.0 Å². The quantitative estimate of drug-likeness (QED) is 0.384. The summed E-state index contributed by atoms with van der Waals surface area (Å²) in [5, 5.41) is 29.2. The molecule has 0 aliphatic rings. The first kappa shape index (κ1) is 23.3. The highest BCUT2D eigenvalue weighted by molar-refractivity contribution is 5.61. The molecule has 0 spiro atoms. The molecule has 178 valence electrons. The van der Waals surface area contributed by atoms with Gasteiger partial charge < -0.3 is 24.6 Å². The summed E-state index contributed by atoms with van der Waals surface area (Å²) >= 11 is 0. The van der Waals surface area contributed by atoms with Crippen molar-refractivity contribution >= 4 is 11.3 Å². The molecule has 2 heterocycles. The first-order valence-corrected chi connectivity index (χ1v) is 10.3. The fourth-order valence-corrected chi connectivity index (χ4v) is 3.38. The third kappa shape index (κ3) is 4.75. The Bertz CT molecular complexity index is 1250. The zero-order chi connectivity index (χ0) is 24.3. The second kappa shape index (κ2) is 9.57. The Morgan fingerprint density at radius 1 is 1.03 bits per heavy atom. The van der Waals surface area contributed by atoms with Gasteiger partial charge in [0.15, 0.2) is 11.5 Å². The SMILES string of the molecule is CN(C)c1ccc(C(O)(CO)COc2cncc3nnc(-c4ccc(OC(F)F)cc4)n23)cc1. The standard InChI is InChI=1S/C23H23F2N5O4/c1-29(2)17-7-5-16(6-8-17)23(32,13-31)14-33-20-12-26-11-19-27-28-21(30(19)20)15-3-9-18(10-4-15)34-22(24)25/h3-12,22,31-32H,13-14H2,1-2H3. The fourth-order valence-electron chi connectivity index (χ4n) is 3.38. The van der Waals surface area contributed by atoms with E-state index >= 15 is 0 Å². The predicted octanol–water partition coefficient (Wildman–Crippen LogP) is 2.72. The number of hydrogen-bond acceptors (Lipinski definition) is 8. The highest BCUT2D eigenvalue weighted by Gasteiger charge is 2.30. The van der Waals surface area contributed by atoms with Gasteiger partial charge in [-0.2, -0.15) is 8.78 Å². The van der Waals surface area contributed by atoms with Crippen molar-refractivity contribution in [2.75, 3.05) is 32.2 Å². The van der Waals surface area contributed by atoms with Crippen molar-refractivity contribution in [1.82, 2.24) is 19.6 Å². The molecule has 9 nitrogen and oxygen atoms in total. The van der Waals surface area contributed by atoms with Crippen LogP contribution in [0.5, 0.6) is 11.6 Å². The summed E-state index contributed by atoms with van der Waals surface area (Å²) in [5.41, 5.74) is 0.706. The molecule has 0 bridgehead atoms. The molecule has 1 unspecified atom stereocenters. The average molecular weight is 471 g/mol. The number of hydrogen-bond donors (Lipinski definition) is 2. The van der Waals surface area contributed by atoms with Gasteiger partial charge in [-0.05, 0) is 42.0 Å². The number of ether oxygens (including phenoxy) is 2. The van der Waals surface area contributed by atoms with Crippen LogP contribution in [-0.2, 0) is 5.60 Å². The van der Waals surface area contributed by atoms with Gasteiger partial charge in [-0.3, -0.25) is 4.98 Å². The lowest BCUT2D eigenvalue weighted by Gasteiger charge is -2.27. The number of rotatable bonds is 9. The van der Waals surface area contributed by atoms with Gasteiger partial charge in [-0.25, -0.2) is 4.40 Å².